The van der Waals surface area contributed by atoms with E-state index in [4.69, 9.17) is 46.4 Å². The molecular weight excluding hydrogens is 344 g/mol. The lowest BCUT2D eigenvalue weighted by Crippen LogP contribution is -2.14. The Morgan fingerprint density at radius 1 is 1.10 bits per heavy atom. The van der Waals surface area contributed by atoms with Crippen LogP contribution in [0.25, 0.3) is 0 Å². The number of carbonyl (C=O) groups excluding carboxylic acids is 1. The van der Waals surface area contributed by atoms with Crippen molar-refractivity contribution in [2.45, 2.75) is 6.92 Å². The third-order valence-corrected chi connectivity index (χ3v) is 3.75. The van der Waals surface area contributed by atoms with Crippen molar-refractivity contribution in [2.24, 2.45) is 0 Å². The number of aromatic nitrogens is 2. The van der Waals surface area contributed by atoms with Crippen LogP contribution in [0, 0.1) is 6.92 Å². The summed E-state index contributed by atoms with van der Waals surface area (Å²) < 4.78 is 0. The van der Waals surface area contributed by atoms with Crippen molar-refractivity contribution in [3.8, 4) is 0 Å². The summed E-state index contributed by atoms with van der Waals surface area (Å²) in [5, 5.41) is 3.53. The predicted molar refractivity (Wildman–Crippen MR) is 81.2 cm³/mol. The molecule has 0 bridgehead atoms. The van der Waals surface area contributed by atoms with Crippen molar-refractivity contribution in [1.82, 2.24) is 9.97 Å². The molecule has 0 aliphatic carbocycles. The van der Waals surface area contributed by atoms with Crippen LogP contribution in [0.3, 0.4) is 0 Å². The molecule has 0 aliphatic rings. The summed E-state index contributed by atoms with van der Waals surface area (Å²) in [6.07, 6.45) is 1.31. The van der Waals surface area contributed by atoms with Gasteiger partial charge in [0.25, 0.3) is 5.91 Å². The van der Waals surface area contributed by atoms with Crippen LogP contribution < -0.4 is 5.32 Å². The largest absolute Gasteiger partial charge is 0.305 e. The van der Waals surface area contributed by atoms with Crippen molar-refractivity contribution in [2.75, 3.05) is 5.32 Å². The van der Waals surface area contributed by atoms with Gasteiger partial charge in [0.15, 0.2) is 5.82 Å². The zero-order valence-corrected chi connectivity index (χ0v) is 13.1. The summed E-state index contributed by atoms with van der Waals surface area (Å²) in [4.78, 5) is 19.9. The fourth-order valence-electron chi connectivity index (χ4n) is 1.37. The van der Waals surface area contributed by atoms with Gasteiger partial charge in [0.05, 0.1) is 26.3 Å². The highest BCUT2D eigenvalue weighted by atomic mass is 35.5. The predicted octanol–water partition coefficient (Wildman–Crippen LogP) is 4.65. The third-order valence-electron chi connectivity index (χ3n) is 2.40. The van der Waals surface area contributed by atoms with Crippen molar-refractivity contribution in [1.29, 1.82) is 0 Å². The number of rotatable bonds is 2. The van der Waals surface area contributed by atoms with Gasteiger partial charge < -0.3 is 5.32 Å². The molecule has 0 aromatic carbocycles. The normalized spacial score (nSPS) is 10.4. The van der Waals surface area contributed by atoms with Crippen molar-refractivity contribution in [3.05, 3.63) is 49.8 Å². The molecule has 0 saturated heterocycles. The lowest BCUT2D eigenvalue weighted by molar-refractivity contribution is 0.102. The molecule has 104 valence electrons. The average molecular weight is 351 g/mol. The van der Waals surface area contributed by atoms with E-state index in [0.717, 1.165) is 0 Å². The number of hydrogen-bond donors (Lipinski definition) is 1. The molecular formula is C12H7Cl4N3O. The second-order valence-corrected chi connectivity index (χ2v) is 5.42. The van der Waals surface area contributed by atoms with Gasteiger partial charge >= 0.3 is 0 Å². The van der Waals surface area contributed by atoms with Crippen molar-refractivity contribution in [3.63, 3.8) is 0 Å². The van der Waals surface area contributed by atoms with Gasteiger partial charge in [0.2, 0.25) is 0 Å². The summed E-state index contributed by atoms with van der Waals surface area (Å²) in [6.45, 7) is 1.70. The number of anilines is 1. The Kier molecular flexibility index (Phi) is 4.70. The number of pyridine rings is 2. The maximum Gasteiger partial charge on any atom is 0.258 e. The molecule has 2 aromatic heterocycles. The van der Waals surface area contributed by atoms with E-state index in [2.05, 4.69) is 15.3 Å². The van der Waals surface area contributed by atoms with E-state index in [1.807, 2.05) is 0 Å². The second kappa shape index (κ2) is 6.14. The van der Waals surface area contributed by atoms with E-state index < -0.39 is 5.91 Å². The highest BCUT2D eigenvalue weighted by molar-refractivity contribution is 6.41. The Morgan fingerprint density at radius 3 is 2.45 bits per heavy atom. The second-order valence-electron chi connectivity index (χ2n) is 3.84. The molecule has 0 spiro atoms. The summed E-state index contributed by atoms with van der Waals surface area (Å²) in [5.74, 6) is -0.239. The average Bonchev–Trinajstić information content (AvgIpc) is 2.39. The van der Waals surface area contributed by atoms with Gasteiger partial charge in [-0.2, -0.15) is 0 Å². The van der Waals surface area contributed by atoms with Crippen LogP contribution in [0.4, 0.5) is 5.82 Å². The molecule has 0 aliphatic heterocycles. The molecule has 2 heterocycles. The quantitative estimate of drug-likeness (QED) is 0.802. The molecule has 1 amide bonds. The van der Waals surface area contributed by atoms with E-state index in [9.17, 15) is 4.79 Å². The van der Waals surface area contributed by atoms with Crippen LogP contribution in [0.1, 0.15) is 16.1 Å². The van der Waals surface area contributed by atoms with Gasteiger partial charge in [-0.3, -0.25) is 4.79 Å². The van der Waals surface area contributed by atoms with E-state index in [0.29, 0.717) is 10.7 Å². The molecule has 2 aromatic rings. The van der Waals surface area contributed by atoms with Gasteiger partial charge in [-0.15, -0.1) is 0 Å². The maximum absolute atomic E-state index is 12.0. The first-order chi connectivity index (χ1) is 9.38. The fraction of sp³-hybridized carbons (Fsp3) is 0.0833. The highest BCUT2D eigenvalue weighted by Crippen LogP contribution is 2.26. The number of amides is 1. The first-order valence-corrected chi connectivity index (χ1v) is 6.84. The Balaban J connectivity index is 2.27. The van der Waals surface area contributed by atoms with E-state index in [-0.39, 0.29) is 26.6 Å². The van der Waals surface area contributed by atoms with Crippen LogP contribution in [-0.4, -0.2) is 15.9 Å². The Morgan fingerprint density at radius 2 is 1.80 bits per heavy atom. The van der Waals surface area contributed by atoms with Crippen LogP contribution in [0.15, 0.2) is 18.3 Å². The lowest BCUT2D eigenvalue weighted by atomic mass is 10.2. The summed E-state index contributed by atoms with van der Waals surface area (Å²) in [5.41, 5.74) is 0.795. The molecule has 20 heavy (non-hydrogen) atoms. The molecule has 0 atom stereocenters. The zero-order valence-electron chi connectivity index (χ0n) is 10.0. The SMILES string of the molecule is Cc1nc(NC(=O)c2cnc(Cl)c(Cl)c2)c(Cl)cc1Cl. The smallest absolute Gasteiger partial charge is 0.258 e. The van der Waals surface area contributed by atoms with Gasteiger partial charge in [-0.1, -0.05) is 46.4 Å². The monoisotopic (exact) mass is 349 g/mol. The third kappa shape index (κ3) is 3.33. The minimum atomic E-state index is -0.452. The van der Waals surface area contributed by atoms with E-state index in [1.54, 1.807) is 6.92 Å². The number of halogens is 4. The summed E-state index contributed by atoms with van der Waals surface area (Å²) in [7, 11) is 0. The zero-order chi connectivity index (χ0) is 14.9. The number of carbonyl (C=O) groups is 1. The van der Waals surface area contributed by atoms with Crippen molar-refractivity contribution < 1.29 is 4.79 Å². The maximum atomic E-state index is 12.0. The minimum Gasteiger partial charge on any atom is -0.305 e. The highest BCUT2D eigenvalue weighted by Gasteiger charge is 2.13. The molecule has 0 radical (unpaired) electrons. The topological polar surface area (TPSA) is 54.9 Å². The van der Waals surface area contributed by atoms with Crippen LogP contribution in [-0.2, 0) is 0 Å². The Hall–Kier alpha value is -1.07. The number of nitrogens with zero attached hydrogens (tertiary/aromatic N) is 2. The molecule has 2 rings (SSSR count). The van der Waals surface area contributed by atoms with Gasteiger partial charge in [0.1, 0.15) is 5.15 Å². The summed E-state index contributed by atoms with van der Waals surface area (Å²) >= 11 is 23.3. The van der Waals surface area contributed by atoms with E-state index in [1.165, 1.54) is 18.3 Å². The molecule has 0 unspecified atom stereocenters. The standard InChI is InChI=1S/C12H7Cl4N3O/c1-5-7(13)3-9(15)11(18-5)19-12(20)6-2-8(14)10(16)17-4-6/h2-4H,1H3,(H,18,19,20). The van der Waals surface area contributed by atoms with Gasteiger partial charge in [-0.25, -0.2) is 9.97 Å². The van der Waals surface area contributed by atoms with Crippen LogP contribution >= 0.6 is 46.4 Å². The number of hydrogen-bond acceptors (Lipinski definition) is 3. The van der Waals surface area contributed by atoms with Crippen molar-refractivity contribution >= 4 is 58.1 Å². The Bertz CT molecular complexity index is 691. The minimum absolute atomic E-state index is 0.127. The van der Waals surface area contributed by atoms with Gasteiger partial charge in [-0.05, 0) is 19.1 Å². The molecule has 1 N–H and O–H groups in total. The number of nitrogens with one attached hydrogen (secondary N) is 1. The Labute approximate surface area is 135 Å². The molecule has 0 saturated carbocycles. The van der Waals surface area contributed by atoms with Crippen LogP contribution in [0.5, 0.6) is 0 Å². The molecule has 4 nitrogen and oxygen atoms in total. The fourth-order valence-corrected chi connectivity index (χ4v) is 2.05. The van der Waals surface area contributed by atoms with Gasteiger partial charge in [0, 0.05) is 6.20 Å². The van der Waals surface area contributed by atoms with Crippen LogP contribution in [0.2, 0.25) is 20.2 Å². The first kappa shape index (κ1) is 15.3. The molecule has 8 heteroatoms. The lowest BCUT2D eigenvalue weighted by Gasteiger charge is -2.08. The first-order valence-electron chi connectivity index (χ1n) is 5.33. The summed E-state index contributed by atoms with van der Waals surface area (Å²) in [6, 6.07) is 2.91. The number of aryl methyl sites for hydroxylation is 1. The van der Waals surface area contributed by atoms with E-state index >= 15 is 0 Å². The molecule has 0 fully saturated rings.